The summed E-state index contributed by atoms with van der Waals surface area (Å²) in [6, 6.07) is 0. The van der Waals surface area contributed by atoms with E-state index in [0.717, 1.165) is 25.6 Å². The van der Waals surface area contributed by atoms with E-state index < -0.39 is 0 Å². The second-order valence-corrected chi connectivity index (χ2v) is 2.41. The molecule has 0 aromatic rings. The fraction of sp³-hybridized carbons (Fsp3) is 0.889. The maximum absolute atomic E-state index is 4.13. The van der Waals surface area contributed by atoms with Crippen LogP contribution >= 0.6 is 0 Å². The van der Waals surface area contributed by atoms with Gasteiger partial charge in [-0.05, 0) is 13.3 Å². The van der Waals surface area contributed by atoms with Gasteiger partial charge < -0.3 is 10.2 Å². The molecule has 0 aliphatic carbocycles. The van der Waals surface area contributed by atoms with Crippen LogP contribution in [0.5, 0.6) is 0 Å². The Bertz CT molecular complexity index is 132. The Hall–Kier alpha value is -0.730. The van der Waals surface area contributed by atoms with E-state index in [1.807, 2.05) is 20.9 Å². The van der Waals surface area contributed by atoms with Gasteiger partial charge in [0.05, 0.1) is 0 Å². The first-order valence-corrected chi connectivity index (χ1v) is 4.84. The fourth-order valence-electron chi connectivity index (χ4n) is 1.22. The summed E-state index contributed by atoms with van der Waals surface area (Å²) in [6.07, 6.45) is 1.23. The molecule has 1 N–H and O–H groups in total. The quantitative estimate of drug-likeness (QED) is 0.644. The van der Waals surface area contributed by atoms with Crippen LogP contribution in [0.2, 0.25) is 0 Å². The van der Waals surface area contributed by atoms with Crippen molar-refractivity contribution in [3.63, 3.8) is 0 Å². The van der Waals surface area contributed by atoms with Gasteiger partial charge in [-0.25, -0.2) is 0 Å². The highest BCUT2D eigenvalue weighted by molar-refractivity contribution is 5.80. The summed E-state index contributed by atoms with van der Waals surface area (Å²) in [5.41, 5.74) is 0. The van der Waals surface area contributed by atoms with Crippen LogP contribution < -0.4 is 5.32 Å². The third-order valence-electron chi connectivity index (χ3n) is 1.78. The van der Waals surface area contributed by atoms with Gasteiger partial charge in [0, 0.05) is 26.7 Å². The maximum atomic E-state index is 4.13. The third kappa shape index (κ3) is 3.11. The standard InChI is InChI=1S/C7H15N3.C2H6/c1-3-10-6-4-5-9-7(10)8-2;1-2/h3-6H2,1-2H3,(H,8,9);1-2H3. The molecular weight excluding hydrogens is 150 g/mol. The van der Waals surface area contributed by atoms with E-state index in [1.165, 1.54) is 6.42 Å². The largest absolute Gasteiger partial charge is 0.356 e. The summed E-state index contributed by atoms with van der Waals surface area (Å²) in [6.45, 7) is 9.43. The van der Waals surface area contributed by atoms with Gasteiger partial charge in [-0.3, -0.25) is 4.99 Å². The zero-order chi connectivity index (χ0) is 9.40. The molecule has 0 aromatic carbocycles. The molecule has 3 nitrogen and oxygen atoms in total. The molecule has 1 fully saturated rings. The first kappa shape index (κ1) is 11.3. The summed E-state index contributed by atoms with van der Waals surface area (Å²) in [5.74, 6) is 1.05. The highest BCUT2D eigenvalue weighted by Gasteiger charge is 2.11. The lowest BCUT2D eigenvalue weighted by atomic mass is 10.3. The van der Waals surface area contributed by atoms with Crippen molar-refractivity contribution in [1.29, 1.82) is 0 Å². The van der Waals surface area contributed by atoms with Crippen molar-refractivity contribution in [3.05, 3.63) is 0 Å². The molecular formula is C9H21N3. The second kappa shape index (κ2) is 6.95. The van der Waals surface area contributed by atoms with Crippen LogP contribution in [0.15, 0.2) is 4.99 Å². The molecule has 0 amide bonds. The van der Waals surface area contributed by atoms with Crippen LogP contribution in [0.1, 0.15) is 27.2 Å². The van der Waals surface area contributed by atoms with Crippen molar-refractivity contribution >= 4 is 5.96 Å². The molecule has 1 aliphatic heterocycles. The van der Waals surface area contributed by atoms with Crippen molar-refractivity contribution in [1.82, 2.24) is 10.2 Å². The molecule has 0 spiro atoms. The zero-order valence-electron chi connectivity index (χ0n) is 8.72. The van der Waals surface area contributed by atoms with Crippen molar-refractivity contribution in [2.24, 2.45) is 4.99 Å². The molecule has 0 unspecified atom stereocenters. The predicted octanol–water partition coefficient (Wildman–Crippen LogP) is 1.31. The SMILES string of the molecule is CC.CCN1CCCNC1=NC. The van der Waals surface area contributed by atoms with Gasteiger partial charge in [-0.1, -0.05) is 13.8 Å². The highest BCUT2D eigenvalue weighted by atomic mass is 15.3. The Morgan fingerprint density at radius 2 is 2.17 bits per heavy atom. The number of guanidine groups is 1. The molecule has 1 rings (SSSR count). The summed E-state index contributed by atoms with van der Waals surface area (Å²) in [7, 11) is 1.83. The first-order chi connectivity index (χ1) is 5.88. The Morgan fingerprint density at radius 1 is 1.50 bits per heavy atom. The average molecular weight is 171 g/mol. The predicted molar refractivity (Wildman–Crippen MR) is 54.6 cm³/mol. The van der Waals surface area contributed by atoms with Crippen molar-refractivity contribution in [3.8, 4) is 0 Å². The molecule has 0 saturated carbocycles. The van der Waals surface area contributed by atoms with Crippen LogP contribution in [-0.4, -0.2) is 37.5 Å². The Kier molecular flexibility index (Phi) is 6.53. The van der Waals surface area contributed by atoms with E-state index in [0.29, 0.717) is 0 Å². The van der Waals surface area contributed by atoms with E-state index >= 15 is 0 Å². The molecule has 1 aliphatic rings. The van der Waals surface area contributed by atoms with Gasteiger partial charge in [0.1, 0.15) is 0 Å². The molecule has 12 heavy (non-hydrogen) atoms. The Morgan fingerprint density at radius 3 is 2.58 bits per heavy atom. The molecule has 0 radical (unpaired) electrons. The fourth-order valence-corrected chi connectivity index (χ4v) is 1.22. The summed E-state index contributed by atoms with van der Waals surface area (Å²) >= 11 is 0. The van der Waals surface area contributed by atoms with Gasteiger partial charge in [-0.15, -0.1) is 0 Å². The lowest BCUT2D eigenvalue weighted by Gasteiger charge is -2.29. The van der Waals surface area contributed by atoms with Crippen LogP contribution in [0.25, 0.3) is 0 Å². The minimum Gasteiger partial charge on any atom is -0.356 e. The smallest absolute Gasteiger partial charge is 0.193 e. The van der Waals surface area contributed by atoms with Crippen molar-refractivity contribution in [2.75, 3.05) is 26.7 Å². The number of rotatable bonds is 1. The van der Waals surface area contributed by atoms with E-state index in [9.17, 15) is 0 Å². The number of nitrogens with one attached hydrogen (secondary N) is 1. The maximum Gasteiger partial charge on any atom is 0.193 e. The topological polar surface area (TPSA) is 27.6 Å². The molecule has 1 heterocycles. The van der Waals surface area contributed by atoms with E-state index in [-0.39, 0.29) is 0 Å². The Labute approximate surface area is 75.9 Å². The van der Waals surface area contributed by atoms with E-state index in [4.69, 9.17) is 0 Å². The molecule has 0 bridgehead atoms. The monoisotopic (exact) mass is 171 g/mol. The molecule has 0 atom stereocenters. The minimum atomic E-state index is 1.05. The van der Waals surface area contributed by atoms with Gasteiger partial charge in [0.25, 0.3) is 0 Å². The van der Waals surface area contributed by atoms with Crippen LogP contribution in [-0.2, 0) is 0 Å². The molecule has 3 heteroatoms. The number of aliphatic imine (C=N–C) groups is 1. The van der Waals surface area contributed by atoms with Crippen molar-refractivity contribution in [2.45, 2.75) is 27.2 Å². The number of nitrogens with zero attached hydrogens (tertiary/aromatic N) is 2. The molecule has 72 valence electrons. The average Bonchev–Trinajstić information content (AvgIpc) is 2.20. The van der Waals surface area contributed by atoms with Gasteiger partial charge >= 0.3 is 0 Å². The lowest BCUT2D eigenvalue weighted by Crippen LogP contribution is -2.47. The summed E-state index contributed by atoms with van der Waals surface area (Å²) in [4.78, 5) is 6.38. The van der Waals surface area contributed by atoms with Gasteiger partial charge in [0.15, 0.2) is 5.96 Å². The number of hydrogen-bond acceptors (Lipinski definition) is 1. The summed E-state index contributed by atoms with van der Waals surface area (Å²) < 4.78 is 0. The van der Waals surface area contributed by atoms with Gasteiger partial charge in [-0.2, -0.15) is 0 Å². The normalized spacial score (nSPS) is 19.7. The van der Waals surface area contributed by atoms with E-state index in [1.54, 1.807) is 0 Å². The first-order valence-electron chi connectivity index (χ1n) is 4.84. The zero-order valence-corrected chi connectivity index (χ0v) is 8.72. The Balaban J connectivity index is 0.000000561. The van der Waals surface area contributed by atoms with Crippen LogP contribution in [0.4, 0.5) is 0 Å². The number of hydrogen-bond donors (Lipinski definition) is 1. The highest BCUT2D eigenvalue weighted by Crippen LogP contribution is 1.97. The van der Waals surface area contributed by atoms with Gasteiger partial charge in [0.2, 0.25) is 0 Å². The summed E-state index contributed by atoms with van der Waals surface area (Å²) in [5, 5.41) is 3.25. The van der Waals surface area contributed by atoms with Crippen LogP contribution in [0, 0.1) is 0 Å². The van der Waals surface area contributed by atoms with Crippen LogP contribution in [0.3, 0.4) is 0 Å². The van der Waals surface area contributed by atoms with E-state index in [2.05, 4.69) is 22.1 Å². The molecule has 1 saturated heterocycles. The van der Waals surface area contributed by atoms with Crippen molar-refractivity contribution < 1.29 is 0 Å². The minimum absolute atomic E-state index is 1.05. The third-order valence-corrected chi connectivity index (χ3v) is 1.78. The lowest BCUT2D eigenvalue weighted by molar-refractivity contribution is 0.383. The molecule has 0 aromatic heterocycles. The second-order valence-electron chi connectivity index (χ2n) is 2.41.